The second-order valence-electron chi connectivity index (χ2n) is 5.73. The van der Waals surface area contributed by atoms with Crippen molar-refractivity contribution in [2.24, 2.45) is 0 Å². The van der Waals surface area contributed by atoms with Crippen molar-refractivity contribution in [2.45, 2.75) is 11.3 Å². The number of nitrogens with one attached hydrogen (secondary N) is 1. The molecule has 0 saturated carbocycles. The minimum atomic E-state index is -0.268. The lowest BCUT2D eigenvalue weighted by Crippen LogP contribution is -2.49. The van der Waals surface area contributed by atoms with Gasteiger partial charge in [0, 0.05) is 31.9 Å². The van der Waals surface area contributed by atoms with Gasteiger partial charge in [0.2, 0.25) is 11.0 Å². The van der Waals surface area contributed by atoms with E-state index in [4.69, 9.17) is 4.74 Å². The van der Waals surface area contributed by atoms with Crippen LogP contribution in [0.25, 0.3) is 0 Å². The number of piperazine rings is 1. The lowest BCUT2D eigenvalue weighted by atomic mass is 10.3. The molecule has 27 heavy (non-hydrogen) atoms. The molecule has 2 amide bonds. The summed E-state index contributed by atoms with van der Waals surface area (Å²) in [6.45, 7) is 4.75. The van der Waals surface area contributed by atoms with E-state index in [1.165, 1.54) is 23.1 Å². The second kappa shape index (κ2) is 9.56. The fourth-order valence-electron chi connectivity index (χ4n) is 2.53. The maximum Gasteiger partial charge on any atom is 0.409 e. The van der Waals surface area contributed by atoms with E-state index in [1.54, 1.807) is 11.8 Å². The molecule has 0 aliphatic carbocycles. The number of nitrogens with zero attached hydrogens (tertiary/aromatic N) is 4. The van der Waals surface area contributed by atoms with Gasteiger partial charge >= 0.3 is 6.09 Å². The van der Waals surface area contributed by atoms with Crippen LogP contribution in [-0.2, 0) is 9.53 Å². The number of carbonyl (C=O) groups excluding carboxylic acids is 2. The number of rotatable bonds is 6. The number of benzene rings is 1. The van der Waals surface area contributed by atoms with E-state index in [-0.39, 0.29) is 17.8 Å². The molecule has 1 aliphatic rings. The largest absolute Gasteiger partial charge is 0.450 e. The summed E-state index contributed by atoms with van der Waals surface area (Å²) in [6, 6.07) is 9.35. The second-order valence-corrected chi connectivity index (χ2v) is 7.90. The third-order valence-electron chi connectivity index (χ3n) is 3.86. The van der Waals surface area contributed by atoms with Crippen LogP contribution in [0.2, 0.25) is 0 Å². The van der Waals surface area contributed by atoms with Crippen molar-refractivity contribution in [3.05, 3.63) is 30.3 Å². The zero-order chi connectivity index (χ0) is 19.1. The molecule has 1 aliphatic heterocycles. The van der Waals surface area contributed by atoms with Crippen LogP contribution in [0.5, 0.6) is 0 Å². The Morgan fingerprint density at radius 1 is 1.19 bits per heavy atom. The zero-order valence-electron chi connectivity index (χ0n) is 15.0. The fourth-order valence-corrected chi connectivity index (χ4v) is 4.22. The highest BCUT2D eigenvalue weighted by Crippen LogP contribution is 2.28. The number of thioether (sulfide) groups is 1. The Balaban J connectivity index is 1.45. The summed E-state index contributed by atoms with van der Waals surface area (Å²) in [4.78, 5) is 27.6. The number of para-hydroxylation sites is 1. The average Bonchev–Trinajstić information content (AvgIpc) is 3.17. The van der Waals surface area contributed by atoms with Crippen LogP contribution in [-0.4, -0.2) is 65.6 Å². The van der Waals surface area contributed by atoms with Crippen molar-refractivity contribution < 1.29 is 14.3 Å². The van der Waals surface area contributed by atoms with E-state index < -0.39 is 0 Å². The van der Waals surface area contributed by atoms with E-state index in [0.717, 1.165) is 15.2 Å². The van der Waals surface area contributed by atoms with Crippen molar-refractivity contribution in [3.8, 4) is 0 Å². The Kier molecular flexibility index (Phi) is 6.88. The highest BCUT2D eigenvalue weighted by molar-refractivity contribution is 8.01. The van der Waals surface area contributed by atoms with Gasteiger partial charge in [-0.2, -0.15) is 0 Å². The molecule has 1 saturated heterocycles. The molecule has 2 heterocycles. The molecule has 0 atom stereocenters. The van der Waals surface area contributed by atoms with E-state index in [0.29, 0.717) is 32.8 Å². The SMILES string of the molecule is CCOC(=O)N1CCN(c2nnc(SCC(=O)Nc3ccccc3)s2)CC1. The molecule has 0 unspecified atom stereocenters. The van der Waals surface area contributed by atoms with Crippen LogP contribution in [0.1, 0.15) is 6.92 Å². The predicted molar refractivity (Wildman–Crippen MR) is 107 cm³/mol. The van der Waals surface area contributed by atoms with Gasteiger partial charge in [0.1, 0.15) is 0 Å². The number of anilines is 2. The summed E-state index contributed by atoms with van der Waals surface area (Å²) in [7, 11) is 0. The molecule has 3 rings (SSSR count). The molecule has 1 fully saturated rings. The Morgan fingerprint density at radius 2 is 1.93 bits per heavy atom. The summed E-state index contributed by atoms with van der Waals surface area (Å²) in [6.07, 6.45) is -0.268. The maximum absolute atomic E-state index is 12.0. The Hall–Kier alpha value is -2.33. The molecule has 2 aromatic rings. The molecule has 1 aromatic heterocycles. The molecular weight excluding hydrogens is 386 g/mol. The van der Waals surface area contributed by atoms with Crippen molar-refractivity contribution in [1.29, 1.82) is 0 Å². The third-order valence-corrected chi connectivity index (χ3v) is 5.97. The van der Waals surface area contributed by atoms with Gasteiger partial charge in [-0.05, 0) is 19.1 Å². The summed E-state index contributed by atoms with van der Waals surface area (Å²) in [5.41, 5.74) is 0.778. The monoisotopic (exact) mass is 407 g/mol. The summed E-state index contributed by atoms with van der Waals surface area (Å²) < 4.78 is 5.78. The number of aromatic nitrogens is 2. The Labute approximate surface area is 165 Å². The van der Waals surface area contributed by atoms with E-state index in [1.807, 2.05) is 30.3 Å². The number of hydrogen-bond donors (Lipinski definition) is 1. The third kappa shape index (κ3) is 5.57. The van der Waals surface area contributed by atoms with Gasteiger partial charge in [0.25, 0.3) is 0 Å². The van der Waals surface area contributed by atoms with Gasteiger partial charge in [-0.1, -0.05) is 41.3 Å². The van der Waals surface area contributed by atoms with Gasteiger partial charge in [-0.3, -0.25) is 4.79 Å². The zero-order valence-corrected chi connectivity index (χ0v) is 16.6. The van der Waals surface area contributed by atoms with Crippen LogP contribution >= 0.6 is 23.1 Å². The van der Waals surface area contributed by atoms with Crippen LogP contribution < -0.4 is 10.2 Å². The number of amides is 2. The fraction of sp³-hybridized carbons (Fsp3) is 0.412. The van der Waals surface area contributed by atoms with Crippen molar-refractivity contribution in [2.75, 3.05) is 48.8 Å². The standard InChI is InChI=1S/C17H21N5O3S2/c1-2-25-17(24)22-10-8-21(9-11-22)15-19-20-16(27-15)26-12-14(23)18-13-6-4-3-5-7-13/h3-7H,2,8-12H2,1H3,(H,18,23). The summed E-state index contributed by atoms with van der Waals surface area (Å²) >= 11 is 2.83. The van der Waals surface area contributed by atoms with Crippen molar-refractivity contribution >= 4 is 45.9 Å². The van der Waals surface area contributed by atoms with Gasteiger partial charge in [-0.15, -0.1) is 10.2 Å². The lowest BCUT2D eigenvalue weighted by Gasteiger charge is -2.33. The molecule has 1 aromatic carbocycles. The van der Waals surface area contributed by atoms with Crippen molar-refractivity contribution in [3.63, 3.8) is 0 Å². The molecule has 0 bridgehead atoms. The Bertz CT molecular complexity index is 763. The Morgan fingerprint density at radius 3 is 2.63 bits per heavy atom. The van der Waals surface area contributed by atoms with Crippen LogP contribution in [0.4, 0.5) is 15.6 Å². The van der Waals surface area contributed by atoms with E-state index >= 15 is 0 Å². The van der Waals surface area contributed by atoms with Gasteiger partial charge < -0.3 is 19.9 Å². The minimum Gasteiger partial charge on any atom is -0.450 e. The molecule has 1 N–H and O–H groups in total. The number of carbonyl (C=O) groups is 2. The molecule has 10 heteroatoms. The molecular formula is C17H21N5O3S2. The number of hydrogen-bond acceptors (Lipinski definition) is 8. The first-order valence-corrected chi connectivity index (χ1v) is 10.4. The molecule has 144 valence electrons. The normalized spacial score (nSPS) is 14.1. The summed E-state index contributed by atoms with van der Waals surface area (Å²) in [5, 5.41) is 12.0. The smallest absolute Gasteiger partial charge is 0.409 e. The van der Waals surface area contributed by atoms with E-state index in [2.05, 4.69) is 20.4 Å². The highest BCUT2D eigenvalue weighted by atomic mass is 32.2. The molecule has 8 nitrogen and oxygen atoms in total. The van der Waals surface area contributed by atoms with Gasteiger partial charge in [0.05, 0.1) is 12.4 Å². The van der Waals surface area contributed by atoms with Crippen LogP contribution in [0, 0.1) is 0 Å². The molecule has 0 radical (unpaired) electrons. The van der Waals surface area contributed by atoms with Gasteiger partial charge in [0.15, 0.2) is 4.34 Å². The first kappa shape index (κ1) is 19.4. The molecule has 0 spiro atoms. The lowest BCUT2D eigenvalue weighted by molar-refractivity contribution is -0.113. The maximum atomic E-state index is 12.0. The first-order chi connectivity index (χ1) is 13.2. The van der Waals surface area contributed by atoms with E-state index in [9.17, 15) is 9.59 Å². The number of ether oxygens (including phenoxy) is 1. The first-order valence-electron chi connectivity index (χ1n) is 8.63. The van der Waals surface area contributed by atoms with Crippen molar-refractivity contribution in [1.82, 2.24) is 15.1 Å². The minimum absolute atomic E-state index is 0.0778. The topological polar surface area (TPSA) is 87.7 Å². The van der Waals surface area contributed by atoms with Gasteiger partial charge in [-0.25, -0.2) is 4.79 Å². The van der Waals surface area contributed by atoms with Crippen LogP contribution in [0.3, 0.4) is 0 Å². The predicted octanol–water partition coefficient (Wildman–Crippen LogP) is 2.55. The highest BCUT2D eigenvalue weighted by Gasteiger charge is 2.24. The van der Waals surface area contributed by atoms with Crippen LogP contribution in [0.15, 0.2) is 34.7 Å². The summed E-state index contributed by atoms with van der Waals surface area (Å²) in [5.74, 6) is 0.200. The average molecular weight is 408 g/mol. The quantitative estimate of drug-likeness (QED) is 0.736.